The van der Waals surface area contributed by atoms with Crippen LogP contribution in [-0.4, -0.2) is 59.5 Å². The number of ketones is 1. The molecule has 2 aliphatic rings. The number of aryl methyl sites for hydroxylation is 1. The van der Waals surface area contributed by atoms with Crippen molar-refractivity contribution in [2.45, 2.75) is 31.3 Å². The van der Waals surface area contributed by atoms with Gasteiger partial charge in [0.1, 0.15) is 12.1 Å². The molecule has 11 heteroatoms. The molecule has 32 heavy (non-hydrogen) atoms. The molecule has 0 fully saturated rings. The van der Waals surface area contributed by atoms with Crippen LogP contribution in [0, 0.1) is 0 Å². The van der Waals surface area contributed by atoms with E-state index in [4.69, 9.17) is 16.3 Å². The molecule has 0 spiro atoms. The van der Waals surface area contributed by atoms with Crippen LogP contribution >= 0.6 is 11.6 Å². The van der Waals surface area contributed by atoms with E-state index in [1.807, 2.05) is 18.2 Å². The van der Waals surface area contributed by atoms with E-state index >= 15 is 0 Å². The number of benzene rings is 1. The molecule has 1 aromatic heterocycles. The third kappa shape index (κ3) is 4.13. The molecule has 1 aromatic carbocycles. The molecule has 2 aliphatic heterocycles. The summed E-state index contributed by atoms with van der Waals surface area (Å²) in [4.78, 5) is 59.0. The molecule has 0 saturated carbocycles. The number of carbonyl (C=O) groups is 4. The molecule has 4 rings (SSSR count). The SMILES string of the molecule is COC(=O)NC1CCc2cccc3c2N(C1=O)C(C(=O)OCC(=O)c1cnc(Cl)nc1)C3. The highest BCUT2D eigenvalue weighted by molar-refractivity contribution is 6.28. The van der Waals surface area contributed by atoms with Gasteiger partial charge in [-0.05, 0) is 35.6 Å². The predicted octanol–water partition coefficient (Wildman–Crippen LogP) is 1.48. The fraction of sp³-hybridized carbons (Fsp3) is 0.333. The van der Waals surface area contributed by atoms with Crippen molar-refractivity contribution in [1.29, 1.82) is 0 Å². The normalized spacial score (nSPS) is 19.1. The molecule has 2 atom stereocenters. The number of anilines is 1. The first kappa shape index (κ1) is 21.7. The number of hydrogen-bond acceptors (Lipinski definition) is 8. The summed E-state index contributed by atoms with van der Waals surface area (Å²) >= 11 is 5.61. The third-order valence-electron chi connectivity index (χ3n) is 5.44. The zero-order chi connectivity index (χ0) is 22.8. The Hall–Kier alpha value is -3.53. The van der Waals surface area contributed by atoms with E-state index < -0.39 is 42.4 Å². The maximum atomic E-state index is 13.3. The summed E-state index contributed by atoms with van der Waals surface area (Å²) in [6.45, 7) is -0.532. The fourth-order valence-corrected chi connectivity index (χ4v) is 4.02. The molecule has 0 saturated heterocycles. The summed E-state index contributed by atoms with van der Waals surface area (Å²) in [5.74, 6) is -1.65. The largest absolute Gasteiger partial charge is 0.456 e. The van der Waals surface area contributed by atoms with Crippen LogP contribution in [0.2, 0.25) is 5.28 Å². The molecule has 2 unspecified atom stereocenters. The number of ether oxygens (including phenoxy) is 2. The number of hydrogen-bond donors (Lipinski definition) is 1. The van der Waals surface area contributed by atoms with Gasteiger partial charge in [-0.25, -0.2) is 19.6 Å². The van der Waals surface area contributed by atoms with Crippen molar-refractivity contribution >= 4 is 41.0 Å². The van der Waals surface area contributed by atoms with Crippen LogP contribution in [0.1, 0.15) is 27.9 Å². The van der Waals surface area contributed by atoms with Gasteiger partial charge in [0, 0.05) is 18.8 Å². The number of Topliss-reactive ketones (excluding diaryl/α,β-unsaturated/α-hetero) is 1. The van der Waals surface area contributed by atoms with Crippen LogP contribution < -0.4 is 10.2 Å². The number of carbonyl (C=O) groups excluding carboxylic acids is 4. The van der Waals surface area contributed by atoms with Gasteiger partial charge in [0.05, 0.1) is 18.4 Å². The second-order valence-electron chi connectivity index (χ2n) is 7.35. The molecule has 10 nitrogen and oxygen atoms in total. The lowest BCUT2D eigenvalue weighted by Gasteiger charge is -2.27. The molecular formula is C21H19ClN4O6. The van der Waals surface area contributed by atoms with Crippen molar-refractivity contribution in [3.05, 3.63) is 52.6 Å². The van der Waals surface area contributed by atoms with Gasteiger partial charge in [0.25, 0.3) is 5.91 Å². The Morgan fingerprint density at radius 1 is 1.22 bits per heavy atom. The topological polar surface area (TPSA) is 128 Å². The highest BCUT2D eigenvalue weighted by Crippen LogP contribution is 2.39. The maximum Gasteiger partial charge on any atom is 0.407 e. The van der Waals surface area contributed by atoms with Gasteiger partial charge in [0.15, 0.2) is 6.61 Å². The minimum Gasteiger partial charge on any atom is -0.456 e. The van der Waals surface area contributed by atoms with Crippen molar-refractivity contribution in [1.82, 2.24) is 15.3 Å². The highest BCUT2D eigenvalue weighted by Gasteiger charge is 2.44. The zero-order valence-corrected chi connectivity index (χ0v) is 17.8. The summed E-state index contributed by atoms with van der Waals surface area (Å²) < 4.78 is 9.86. The molecule has 2 amide bonds. The minimum atomic E-state index is -0.951. The van der Waals surface area contributed by atoms with Crippen LogP contribution in [0.4, 0.5) is 10.5 Å². The van der Waals surface area contributed by atoms with Crippen LogP contribution in [0.15, 0.2) is 30.6 Å². The number of nitrogens with zero attached hydrogens (tertiary/aromatic N) is 3. The summed E-state index contributed by atoms with van der Waals surface area (Å²) in [5.41, 5.74) is 2.53. The monoisotopic (exact) mass is 458 g/mol. The Kier molecular flexibility index (Phi) is 6.04. The predicted molar refractivity (Wildman–Crippen MR) is 111 cm³/mol. The van der Waals surface area contributed by atoms with Gasteiger partial charge in [-0.1, -0.05) is 18.2 Å². The van der Waals surface area contributed by atoms with E-state index in [-0.39, 0.29) is 17.3 Å². The van der Waals surface area contributed by atoms with Crippen LogP contribution in [0.5, 0.6) is 0 Å². The number of nitrogens with one attached hydrogen (secondary N) is 1. The lowest BCUT2D eigenvalue weighted by Crippen LogP contribution is -2.52. The number of para-hydroxylation sites is 1. The van der Waals surface area contributed by atoms with Crippen LogP contribution in [0.3, 0.4) is 0 Å². The van der Waals surface area contributed by atoms with Crippen molar-refractivity contribution < 1.29 is 28.7 Å². The number of alkyl carbamates (subject to hydrolysis) is 1. The number of rotatable bonds is 5. The molecule has 0 bridgehead atoms. The fourth-order valence-electron chi connectivity index (χ4n) is 3.93. The highest BCUT2D eigenvalue weighted by atomic mass is 35.5. The number of methoxy groups -OCH3 is 1. The Morgan fingerprint density at radius 2 is 1.94 bits per heavy atom. The van der Waals surface area contributed by atoms with Crippen molar-refractivity contribution in [3.63, 3.8) is 0 Å². The van der Waals surface area contributed by atoms with Crippen molar-refractivity contribution in [2.75, 3.05) is 18.6 Å². The first-order valence-electron chi connectivity index (χ1n) is 9.84. The van der Waals surface area contributed by atoms with Gasteiger partial charge in [-0.15, -0.1) is 0 Å². The van der Waals surface area contributed by atoms with Gasteiger partial charge < -0.3 is 14.8 Å². The average Bonchev–Trinajstić information content (AvgIpc) is 3.13. The smallest absolute Gasteiger partial charge is 0.407 e. The zero-order valence-electron chi connectivity index (χ0n) is 17.0. The molecule has 3 heterocycles. The maximum absolute atomic E-state index is 13.3. The minimum absolute atomic E-state index is 0.00661. The Labute approximate surface area is 187 Å². The molecule has 2 aromatic rings. The molecule has 1 N–H and O–H groups in total. The van der Waals surface area contributed by atoms with E-state index in [2.05, 4.69) is 20.0 Å². The summed E-state index contributed by atoms with van der Waals surface area (Å²) in [6.07, 6.45) is 2.89. The molecule has 0 aliphatic carbocycles. The third-order valence-corrected chi connectivity index (χ3v) is 5.64. The Morgan fingerprint density at radius 3 is 2.66 bits per heavy atom. The molecule has 0 radical (unpaired) electrons. The van der Waals surface area contributed by atoms with Crippen LogP contribution in [-0.2, 0) is 31.9 Å². The van der Waals surface area contributed by atoms with Gasteiger partial charge in [0.2, 0.25) is 11.1 Å². The first-order valence-corrected chi connectivity index (χ1v) is 10.2. The summed E-state index contributed by atoms with van der Waals surface area (Å²) in [6, 6.07) is 3.79. The van der Waals surface area contributed by atoms with Crippen LogP contribution in [0.25, 0.3) is 0 Å². The van der Waals surface area contributed by atoms with Gasteiger partial charge in [-0.3, -0.25) is 14.5 Å². The molecular weight excluding hydrogens is 440 g/mol. The Bertz CT molecular complexity index is 1090. The first-order chi connectivity index (χ1) is 15.4. The molecule has 166 valence electrons. The van der Waals surface area contributed by atoms with E-state index in [9.17, 15) is 19.2 Å². The Balaban J connectivity index is 1.53. The second-order valence-corrected chi connectivity index (χ2v) is 7.69. The van der Waals surface area contributed by atoms with Gasteiger partial charge >= 0.3 is 12.1 Å². The lowest BCUT2D eigenvalue weighted by molar-refractivity contribution is -0.145. The quantitative estimate of drug-likeness (QED) is 0.405. The van der Waals surface area contributed by atoms with E-state index in [0.717, 1.165) is 11.1 Å². The second kappa shape index (κ2) is 8.91. The lowest BCUT2D eigenvalue weighted by atomic mass is 10.0. The summed E-state index contributed by atoms with van der Waals surface area (Å²) in [5, 5.41) is 2.53. The van der Waals surface area contributed by atoms with E-state index in [0.29, 0.717) is 18.5 Å². The number of halogens is 1. The van der Waals surface area contributed by atoms with Crippen molar-refractivity contribution in [2.24, 2.45) is 0 Å². The summed E-state index contributed by atoms with van der Waals surface area (Å²) in [7, 11) is 1.21. The number of aromatic nitrogens is 2. The van der Waals surface area contributed by atoms with Gasteiger partial charge in [-0.2, -0.15) is 0 Å². The standard InChI is InChI=1S/C21H19ClN4O6/c1-31-21(30)25-14-6-5-11-3-2-4-12-7-15(26(17(11)12)18(14)28)19(29)32-10-16(27)13-8-23-20(22)24-9-13/h2-4,8-9,14-15H,5-7,10H2,1H3,(H,25,30). The number of amides is 2. The average molecular weight is 459 g/mol. The van der Waals surface area contributed by atoms with E-state index in [1.165, 1.54) is 24.4 Å². The van der Waals surface area contributed by atoms with Crippen molar-refractivity contribution in [3.8, 4) is 0 Å². The number of esters is 1. The van der Waals surface area contributed by atoms with E-state index in [1.54, 1.807) is 0 Å².